The van der Waals surface area contributed by atoms with Gasteiger partial charge in [-0.25, -0.2) is 4.98 Å². The van der Waals surface area contributed by atoms with Crippen molar-refractivity contribution >= 4 is 11.8 Å². The van der Waals surface area contributed by atoms with E-state index in [9.17, 15) is 13.2 Å². The van der Waals surface area contributed by atoms with Crippen LogP contribution >= 0.6 is 0 Å². The van der Waals surface area contributed by atoms with Gasteiger partial charge in [-0.1, -0.05) is 12.1 Å². The smallest absolute Gasteiger partial charge is 0.338 e. The lowest BCUT2D eigenvalue weighted by atomic mass is 10.1. The van der Waals surface area contributed by atoms with E-state index < -0.39 is 11.7 Å². The van der Waals surface area contributed by atoms with E-state index in [0.717, 1.165) is 17.7 Å². The van der Waals surface area contributed by atoms with Crippen molar-refractivity contribution in [1.82, 2.24) is 9.97 Å². The van der Waals surface area contributed by atoms with Crippen molar-refractivity contribution in [1.29, 1.82) is 5.41 Å². The highest BCUT2D eigenvalue weighted by atomic mass is 19.4. The first-order valence-corrected chi connectivity index (χ1v) is 6.24. The Bertz CT molecular complexity index is 696. The van der Waals surface area contributed by atoms with Crippen LogP contribution in [0.4, 0.5) is 13.2 Å². The van der Waals surface area contributed by atoms with Crippen LogP contribution in [0.2, 0.25) is 0 Å². The molecule has 0 saturated carbocycles. The van der Waals surface area contributed by atoms with Crippen molar-refractivity contribution in [2.24, 2.45) is 0 Å². The molecule has 1 heterocycles. The van der Waals surface area contributed by atoms with Crippen LogP contribution in [0.3, 0.4) is 0 Å². The summed E-state index contributed by atoms with van der Waals surface area (Å²) in [6.45, 7) is 3.43. The molecule has 3 nitrogen and oxygen atoms in total. The highest BCUT2D eigenvalue weighted by Crippen LogP contribution is 2.31. The van der Waals surface area contributed by atoms with Crippen LogP contribution in [0.5, 0.6) is 0 Å². The Kier molecular flexibility index (Phi) is 3.97. The fourth-order valence-corrected chi connectivity index (χ4v) is 1.73. The Hall–Kier alpha value is -2.37. The molecule has 0 aliphatic carbocycles. The highest BCUT2D eigenvalue weighted by molar-refractivity contribution is 5.98. The fraction of sp³-hybridized carbons (Fsp3) is 0.200. The zero-order valence-electron chi connectivity index (χ0n) is 11.5. The van der Waals surface area contributed by atoms with Crippen molar-refractivity contribution in [3.05, 3.63) is 47.4 Å². The van der Waals surface area contributed by atoms with Crippen LogP contribution in [0.1, 0.15) is 25.2 Å². The number of imidazole rings is 1. The third-order valence-corrected chi connectivity index (χ3v) is 3.04. The number of allylic oxidation sites excluding steroid dienone is 1. The second-order valence-electron chi connectivity index (χ2n) is 4.71. The van der Waals surface area contributed by atoms with Gasteiger partial charge in [0, 0.05) is 11.3 Å². The van der Waals surface area contributed by atoms with E-state index in [1.807, 2.05) is 0 Å². The van der Waals surface area contributed by atoms with Crippen LogP contribution in [0, 0.1) is 5.41 Å². The van der Waals surface area contributed by atoms with Crippen LogP contribution in [0.25, 0.3) is 17.3 Å². The molecule has 1 aromatic carbocycles. The number of aromatic amines is 1. The molecule has 21 heavy (non-hydrogen) atoms. The molecule has 2 N–H and O–H groups in total. The Morgan fingerprint density at radius 2 is 2.00 bits per heavy atom. The van der Waals surface area contributed by atoms with E-state index in [4.69, 9.17) is 5.41 Å². The van der Waals surface area contributed by atoms with E-state index in [-0.39, 0.29) is 0 Å². The van der Waals surface area contributed by atoms with Crippen molar-refractivity contribution in [3.63, 3.8) is 0 Å². The summed E-state index contributed by atoms with van der Waals surface area (Å²) in [6.07, 6.45) is -1.21. The van der Waals surface area contributed by atoms with E-state index in [2.05, 4.69) is 9.97 Å². The molecule has 110 valence electrons. The summed E-state index contributed by atoms with van der Waals surface area (Å²) < 4.78 is 38.1. The van der Waals surface area contributed by atoms with E-state index in [1.165, 1.54) is 12.3 Å². The number of hydrogen-bond acceptors (Lipinski definition) is 2. The van der Waals surface area contributed by atoms with Crippen LogP contribution < -0.4 is 0 Å². The van der Waals surface area contributed by atoms with E-state index in [0.29, 0.717) is 22.8 Å². The molecule has 1 aromatic heterocycles. The van der Waals surface area contributed by atoms with Crippen molar-refractivity contribution in [3.8, 4) is 11.3 Å². The monoisotopic (exact) mass is 293 g/mol. The molecule has 0 fully saturated rings. The number of rotatable bonds is 3. The molecule has 0 atom stereocenters. The number of benzene rings is 1. The van der Waals surface area contributed by atoms with Gasteiger partial charge in [-0.2, -0.15) is 13.2 Å². The summed E-state index contributed by atoms with van der Waals surface area (Å²) in [4.78, 5) is 7.04. The quantitative estimate of drug-likeness (QED) is 0.802. The second-order valence-corrected chi connectivity index (χ2v) is 4.71. The minimum absolute atomic E-state index is 0.409. The van der Waals surface area contributed by atoms with Crippen LogP contribution in [0.15, 0.2) is 36.0 Å². The van der Waals surface area contributed by atoms with Crippen LogP contribution in [-0.2, 0) is 6.18 Å². The van der Waals surface area contributed by atoms with Gasteiger partial charge in [-0.05, 0) is 37.6 Å². The average molecular weight is 293 g/mol. The summed E-state index contributed by atoms with van der Waals surface area (Å²) in [5.41, 5.74) is 1.37. The fourth-order valence-electron chi connectivity index (χ4n) is 1.73. The first-order chi connectivity index (χ1) is 9.77. The normalized spacial score (nSPS) is 12.5. The largest absolute Gasteiger partial charge is 0.416 e. The molecular formula is C15H14F3N3. The lowest BCUT2D eigenvalue weighted by molar-refractivity contribution is -0.137. The number of nitrogens with zero attached hydrogens (tertiary/aromatic N) is 1. The van der Waals surface area contributed by atoms with Gasteiger partial charge in [0.15, 0.2) is 0 Å². The average Bonchev–Trinajstić information content (AvgIpc) is 2.86. The minimum Gasteiger partial charge on any atom is -0.338 e. The Labute approximate surface area is 120 Å². The van der Waals surface area contributed by atoms with Crippen LogP contribution in [-0.4, -0.2) is 15.7 Å². The van der Waals surface area contributed by atoms with Gasteiger partial charge < -0.3 is 10.4 Å². The van der Waals surface area contributed by atoms with Crippen molar-refractivity contribution in [2.45, 2.75) is 20.0 Å². The lowest BCUT2D eigenvalue weighted by Crippen LogP contribution is -2.04. The zero-order chi connectivity index (χ0) is 15.6. The van der Waals surface area contributed by atoms with Gasteiger partial charge in [-0.15, -0.1) is 0 Å². The Balaban J connectivity index is 2.34. The van der Waals surface area contributed by atoms with Crippen molar-refractivity contribution in [2.75, 3.05) is 0 Å². The van der Waals surface area contributed by atoms with Gasteiger partial charge in [0.05, 0.1) is 17.5 Å². The molecule has 0 amide bonds. The molecule has 0 saturated heterocycles. The number of H-pyrrole nitrogens is 1. The van der Waals surface area contributed by atoms with E-state index >= 15 is 0 Å². The Morgan fingerprint density at radius 3 is 2.62 bits per heavy atom. The third-order valence-electron chi connectivity index (χ3n) is 3.04. The number of hydrogen-bond donors (Lipinski definition) is 2. The summed E-state index contributed by atoms with van der Waals surface area (Å²) in [5, 5.41) is 7.48. The molecule has 0 unspecified atom stereocenters. The van der Waals surface area contributed by atoms with Gasteiger partial charge >= 0.3 is 6.18 Å². The SMILES string of the molecule is CC(=N)/C(C)=C\c1ncc(-c2cccc(C(F)(F)F)c2)[nH]1. The molecule has 0 aliphatic rings. The Morgan fingerprint density at radius 1 is 1.29 bits per heavy atom. The first kappa shape index (κ1) is 15.0. The molecular weight excluding hydrogens is 279 g/mol. The molecule has 2 rings (SSSR count). The third kappa shape index (κ3) is 3.59. The minimum atomic E-state index is -4.37. The number of nitrogens with one attached hydrogen (secondary N) is 2. The summed E-state index contributed by atoms with van der Waals surface area (Å²) in [6, 6.07) is 5.06. The first-order valence-electron chi connectivity index (χ1n) is 6.24. The predicted octanol–water partition coefficient (Wildman–Crippen LogP) is 4.54. The molecule has 6 heteroatoms. The maximum Gasteiger partial charge on any atom is 0.416 e. The molecule has 2 aromatic rings. The topological polar surface area (TPSA) is 52.5 Å². The lowest BCUT2D eigenvalue weighted by Gasteiger charge is -2.07. The number of alkyl halides is 3. The van der Waals surface area contributed by atoms with Gasteiger partial charge in [0.2, 0.25) is 0 Å². The van der Waals surface area contributed by atoms with Gasteiger partial charge in [0.1, 0.15) is 5.82 Å². The summed E-state index contributed by atoms with van der Waals surface area (Å²) in [5.74, 6) is 0.506. The van der Waals surface area contributed by atoms with Crippen molar-refractivity contribution < 1.29 is 13.2 Å². The molecule has 0 spiro atoms. The maximum atomic E-state index is 12.7. The second kappa shape index (κ2) is 5.55. The highest BCUT2D eigenvalue weighted by Gasteiger charge is 2.30. The van der Waals surface area contributed by atoms with Gasteiger partial charge in [-0.3, -0.25) is 0 Å². The van der Waals surface area contributed by atoms with E-state index in [1.54, 1.807) is 26.0 Å². The molecule has 0 aliphatic heterocycles. The summed E-state index contributed by atoms with van der Waals surface area (Å²) >= 11 is 0. The molecule has 0 radical (unpaired) electrons. The standard InChI is InChI=1S/C15H14F3N3/c1-9(10(2)19)6-14-20-8-13(21-14)11-4-3-5-12(7-11)15(16,17)18/h3-8,19H,1-2H3,(H,20,21)/b9-6-,19-10?. The number of aromatic nitrogens is 2. The number of halogens is 3. The molecule has 0 bridgehead atoms. The van der Waals surface area contributed by atoms with Gasteiger partial charge in [0.25, 0.3) is 0 Å². The zero-order valence-corrected chi connectivity index (χ0v) is 11.5. The summed E-state index contributed by atoms with van der Waals surface area (Å²) in [7, 11) is 0. The maximum absolute atomic E-state index is 12.7. The predicted molar refractivity (Wildman–Crippen MR) is 76.1 cm³/mol.